The molecular formula is C24H23ClN6O2. The van der Waals surface area contributed by atoms with Crippen LogP contribution < -0.4 is 10.1 Å². The fraction of sp³-hybridized carbons (Fsp3) is 0.208. The second-order valence-corrected chi connectivity index (χ2v) is 8.18. The van der Waals surface area contributed by atoms with Gasteiger partial charge in [0.2, 0.25) is 5.88 Å². The third-order valence-corrected chi connectivity index (χ3v) is 5.79. The molecule has 1 unspecified atom stereocenters. The van der Waals surface area contributed by atoms with Gasteiger partial charge in [-0.15, -0.1) is 0 Å². The maximum Gasteiger partial charge on any atom is 0.220 e. The Labute approximate surface area is 196 Å². The van der Waals surface area contributed by atoms with Gasteiger partial charge in [-0.2, -0.15) is 10.1 Å². The van der Waals surface area contributed by atoms with Crippen LogP contribution in [-0.4, -0.2) is 49.5 Å². The average Bonchev–Trinajstić information content (AvgIpc) is 3.29. The van der Waals surface area contributed by atoms with Gasteiger partial charge in [0.05, 0.1) is 17.3 Å². The maximum absolute atomic E-state index is 9.50. The van der Waals surface area contributed by atoms with E-state index in [-0.39, 0.29) is 12.7 Å². The lowest BCUT2D eigenvalue weighted by Gasteiger charge is -2.23. The van der Waals surface area contributed by atoms with Crippen LogP contribution in [0.15, 0.2) is 73.3 Å². The number of ether oxygens (including phenoxy) is 1. The van der Waals surface area contributed by atoms with Crippen molar-refractivity contribution in [3.05, 3.63) is 89.5 Å². The molecule has 5 rings (SSSR count). The minimum atomic E-state index is -0.182. The van der Waals surface area contributed by atoms with Gasteiger partial charge in [0.25, 0.3) is 0 Å². The van der Waals surface area contributed by atoms with Crippen molar-refractivity contribution in [3.8, 4) is 11.6 Å². The summed E-state index contributed by atoms with van der Waals surface area (Å²) >= 11 is 6.46. The van der Waals surface area contributed by atoms with E-state index in [1.165, 1.54) is 6.33 Å². The zero-order valence-electron chi connectivity index (χ0n) is 17.8. The fourth-order valence-corrected chi connectivity index (χ4v) is 4.14. The lowest BCUT2D eigenvalue weighted by atomic mass is 10.1. The Morgan fingerprint density at radius 2 is 2.00 bits per heavy atom. The quantitative estimate of drug-likeness (QED) is 0.448. The van der Waals surface area contributed by atoms with E-state index in [4.69, 9.17) is 21.3 Å². The summed E-state index contributed by atoms with van der Waals surface area (Å²) in [6.45, 7) is 1.99. The normalized spacial score (nSPS) is 16.0. The summed E-state index contributed by atoms with van der Waals surface area (Å²) in [5.74, 6) is 1.24. The second-order valence-electron chi connectivity index (χ2n) is 7.77. The van der Waals surface area contributed by atoms with Crippen molar-refractivity contribution >= 4 is 23.1 Å². The van der Waals surface area contributed by atoms with E-state index in [1.54, 1.807) is 11.0 Å². The summed E-state index contributed by atoms with van der Waals surface area (Å²) < 4.78 is 7.98. The SMILES string of the molecule is OCCN1Cc2ccc(Nc3ccc(-n4cncn4)c(Cl)c3)nc2OC(c2ccccc2)C1. The standard InChI is InChI=1S/C24H23ClN6O2/c25-20-12-19(7-8-21(20)31-16-26-15-27-31)28-23-9-6-18-13-30(10-11-32)14-22(33-24(18)29-23)17-4-2-1-3-5-17/h1-9,12,15-16,22,32H,10-11,13-14H2,(H,28,29). The zero-order valence-corrected chi connectivity index (χ0v) is 18.6. The van der Waals surface area contributed by atoms with Gasteiger partial charge in [-0.3, -0.25) is 4.90 Å². The van der Waals surface area contributed by atoms with Crippen LogP contribution in [0.4, 0.5) is 11.5 Å². The molecule has 0 bridgehead atoms. The lowest BCUT2D eigenvalue weighted by Crippen LogP contribution is -2.30. The van der Waals surface area contributed by atoms with Gasteiger partial charge in [0.1, 0.15) is 24.6 Å². The Kier molecular flexibility index (Phi) is 6.21. The smallest absolute Gasteiger partial charge is 0.220 e. The number of fused-ring (bicyclic) bond motifs is 1. The summed E-state index contributed by atoms with van der Waals surface area (Å²) in [5.41, 5.74) is 3.59. The van der Waals surface area contributed by atoms with Gasteiger partial charge < -0.3 is 15.2 Å². The Balaban J connectivity index is 1.40. The Bertz CT molecular complexity index is 1220. The number of rotatable bonds is 6. The number of hydrogen-bond acceptors (Lipinski definition) is 7. The van der Waals surface area contributed by atoms with Crippen LogP contribution in [0.25, 0.3) is 5.69 Å². The molecule has 1 atom stereocenters. The maximum atomic E-state index is 9.50. The van der Waals surface area contributed by atoms with Gasteiger partial charge >= 0.3 is 0 Å². The summed E-state index contributed by atoms with van der Waals surface area (Å²) in [6.07, 6.45) is 2.88. The third-order valence-electron chi connectivity index (χ3n) is 5.48. The molecule has 3 heterocycles. The number of halogens is 1. The van der Waals surface area contributed by atoms with Crippen molar-refractivity contribution in [3.63, 3.8) is 0 Å². The number of nitrogens with one attached hydrogen (secondary N) is 1. The molecule has 33 heavy (non-hydrogen) atoms. The Morgan fingerprint density at radius 1 is 1.12 bits per heavy atom. The van der Waals surface area contributed by atoms with Crippen molar-refractivity contribution in [1.29, 1.82) is 0 Å². The minimum Gasteiger partial charge on any atom is -0.468 e. The van der Waals surface area contributed by atoms with E-state index in [2.05, 4.69) is 20.3 Å². The Morgan fingerprint density at radius 3 is 2.76 bits per heavy atom. The highest BCUT2D eigenvalue weighted by Crippen LogP contribution is 2.32. The molecule has 1 aliphatic heterocycles. The molecule has 0 radical (unpaired) electrons. The van der Waals surface area contributed by atoms with Crippen LogP contribution in [-0.2, 0) is 6.54 Å². The zero-order chi connectivity index (χ0) is 22.6. The predicted molar refractivity (Wildman–Crippen MR) is 126 cm³/mol. The average molecular weight is 463 g/mol. The first kappa shape index (κ1) is 21.4. The van der Waals surface area contributed by atoms with Gasteiger partial charge in [0, 0.05) is 30.9 Å². The van der Waals surface area contributed by atoms with Crippen molar-refractivity contribution in [1.82, 2.24) is 24.6 Å². The molecule has 0 fully saturated rings. The molecule has 2 aromatic heterocycles. The highest BCUT2D eigenvalue weighted by Gasteiger charge is 2.25. The van der Waals surface area contributed by atoms with E-state index in [9.17, 15) is 5.11 Å². The summed E-state index contributed by atoms with van der Waals surface area (Å²) in [7, 11) is 0. The van der Waals surface area contributed by atoms with Crippen LogP contribution in [0.3, 0.4) is 0 Å². The van der Waals surface area contributed by atoms with E-state index in [0.29, 0.717) is 36.4 Å². The molecule has 0 saturated carbocycles. The molecule has 2 aromatic carbocycles. The molecular weight excluding hydrogens is 440 g/mol. The number of anilines is 2. The minimum absolute atomic E-state index is 0.0925. The molecule has 0 aliphatic carbocycles. The van der Waals surface area contributed by atoms with Crippen molar-refractivity contribution in [2.45, 2.75) is 12.6 Å². The van der Waals surface area contributed by atoms with E-state index in [0.717, 1.165) is 22.5 Å². The highest BCUT2D eigenvalue weighted by atomic mass is 35.5. The van der Waals surface area contributed by atoms with Crippen molar-refractivity contribution < 1.29 is 9.84 Å². The molecule has 0 saturated heterocycles. The van der Waals surface area contributed by atoms with Crippen LogP contribution >= 0.6 is 11.6 Å². The summed E-state index contributed by atoms with van der Waals surface area (Å²) in [4.78, 5) is 10.9. The molecule has 0 amide bonds. The van der Waals surface area contributed by atoms with Gasteiger partial charge in [-0.05, 0) is 35.9 Å². The number of β-amino-alcohol motifs (C(OH)–C–C–N with tert-alkyl or cyclic N) is 1. The van der Waals surface area contributed by atoms with Gasteiger partial charge in [0.15, 0.2) is 0 Å². The van der Waals surface area contributed by atoms with Crippen LogP contribution in [0, 0.1) is 0 Å². The highest BCUT2D eigenvalue weighted by molar-refractivity contribution is 6.32. The number of aromatic nitrogens is 4. The number of aliphatic hydroxyl groups is 1. The fourth-order valence-electron chi connectivity index (χ4n) is 3.88. The number of pyridine rings is 1. The first-order valence-corrected chi connectivity index (χ1v) is 11.0. The summed E-state index contributed by atoms with van der Waals surface area (Å²) in [6, 6.07) is 19.6. The topological polar surface area (TPSA) is 88.3 Å². The molecule has 8 nitrogen and oxygen atoms in total. The van der Waals surface area contributed by atoms with Crippen molar-refractivity contribution in [2.75, 3.05) is 25.0 Å². The number of nitrogens with zero attached hydrogens (tertiary/aromatic N) is 5. The number of benzene rings is 2. The van der Waals surface area contributed by atoms with Crippen LogP contribution in [0.2, 0.25) is 5.02 Å². The number of aliphatic hydroxyl groups excluding tert-OH is 1. The van der Waals surface area contributed by atoms with E-state index in [1.807, 2.05) is 60.7 Å². The molecule has 2 N–H and O–H groups in total. The molecule has 168 valence electrons. The number of hydrogen-bond donors (Lipinski definition) is 2. The monoisotopic (exact) mass is 462 g/mol. The van der Waals surface area contributed by atoms with Crippen LogP contribution in [0.1, 0.15) is 17.2 Å². The first-order chi connectivity index (χ1) is 16.2. The molecule has 0 spiro atoms. The van der Waals surface area contributed by atoms with Gasteiger partial charge in [-0.25, -0.2) is 9.67 Å². The Hall–Kier alpha value is -3.46. The van der Waals surface area contributed by atoms with E-state index < -0.39 is 0 Å². The molecule has 4 aromatic rings. The molecule has 1 aliphatic rings. The predicted octanol–water partition coefficient (Wildman–Crippen LogP) is 3.99. The third kappa shape index (κ3) is 4.83. The lowest BCUT2D eigenvalue weighted by molar-refractivity contribution is 0.126. The first-order valence-electron chi connectivity index (χ1n) is 10.7. The van der Waals surface area contributed by atoms with E-state index >= 15 is 0 Å². The van der Waals surface area contributed by atoms with Crippen molar-refractivity contribution in [2.24, 2.45) is 0 Å². The second kappa shape index (κ2) is 9.58. The van der Waals surface area contributed by atoms with Crippen LogP contribution in [0.5, 0.6) is 5.88 Å². The molecule has 9 heteroatoms. The largest absolute Gasteiger partial charge is 0.468 e. The summed E-state index contributed by atoms with van der Waals surface area (Å²) in [5, 5.41) is 17.5. The van der Waals surface area contributed by atoms with Gasteiger partial charge in [-0.1, -0.05) is 41.9 Å².